The van der Waals surface area contributed by atoms with E-state index < -0.39 is 16.6 Å². The Kier molecular flexibility index (Phi) is 8.62. The fraction of sp³-hybridized carbons (Fsp3) is 0.375. The molecule has 7 nitrogen and oxygen atoms in total. The number of benzene rings is 2. The van der Waals surface area contributed by atoms with Gasteiger partial charge in [0.05, 0.1) is 7.11 Å². The summed E-state index contributed by atoms with van der Waals surface area (Å²) in [5.74, 6) is -0.00274. The third kappa shape index (κ3) is 6.54. The highest BCUT2D eigenvalue weighted by molar-refractivity contribution is 7.89. The molecule has 1 aliphatic rings. The molecule has 1 aliphatic heterocycles. The van der Waals surface area contributed by atoms with E-state index in [1.165, 1.54) is 40.6 Å². The minimum Gasteiger partial charge on any atom is -0.495 e. The predicted molar refractivity (Wildman–Crippen MR) is 124 cm³/mol. The molecule has 1 fully saturated rings. The van der Waals surface area contributed by atoms with Crippen molar-refractivity contribution in [1.82, 2.24) is 9.21 Å². The van der Waals surface area contributed by atoms with Crippen molar-refractivity contribution in [3.8, 4) is 11.5 Å². The Hall–Kier alpha value is -2.98. The van der Waals surface area contributed by atoms with Crippen LogP contribution >= 0.6 is 0 Å². The quantitative estimate of drug-likeness (QED) is 0.490. The van der Waals surface area contributed by atoms with Crippen LogP contribution in [-0.4, -0.2) is 57.4 Å². The van der Waals surface area contributed by atoms with E-state index in [-0.39, 0.29) is 28.8 Å². The van der Waals surface area contributed by atoms with Crippen LogP contribution in [0.3, 0.4) is 0 Å². The number of nitrogens with zero attached hydrogens (tertiary/aromatic N) is 2. The van der Waals surface area contributed by atoms with Crippen molar-refractivity contribution < 1.29 is 31.5 Å². The lowest BCUT2D eigenvalue weighted by Gasteiger charge is -2.26. The van der Waals surface area contributed by atoms with Gasteiger partial charge in [-0.05, 0) is 54.3 Å². The summed E-state index contributed by atoms with van der Waals surface area (Å²) in [6.07, 6.45) is 5.56. The molecular formula is C24H28F2N2O5S. The smallest absolute Gasteiger partial charge is 0.387 e. The van der Waals surface area contributed by atoms with Gasteiger partial charge in [0.25, 0.3) is 0 Å². The summed E-state index contributed by atoms with van der Waals surface area (Å²) in [5.41, 5.74) is 1.29. The maximum absolute atomic E-state index is 13.1. The van der Waals surface area contributed by atoms with Crippen molar-refractivity contribution in [1.29, 1.82) is 0 Å². The molecule has 2 aromatic rings. The number of hydrogen-bond acceptors (Lipinski definition) is 5. The van der Waals surface area contributed by atoms with Crippen LogP contribution in [0.15, 0.2) is 53.4 Å². The summed E-state index contributed by atoms with van der Waals surface area (Å²) < 4.78 is 61.9. The highest BCUT2D eigenvalue weighted by Gasteiger charge is 2.29. The fourth-order valence-corrected chi connectivity index (χ4v) is 5.37. The standard InChI is InChI=1S/C24H28F2N2O5S/c1-27(17-19-6-10-20(11-7-19)33-24(25)26)23(29)13-9-18-8-12-21(32-2)22(16-18)34(30,31)28-14-4-3-5-15-28/h6-13,16,24H,3-5,14-15,17H2,1-2H3/b13-9+. The molecule has 0 saturated carbocycles. The number of piperidine rings is 1. The first-order chi connectivity index (χ1) is 16.2. The second-order valence-corrected chi connectivity index (χ2v) is 9.83. The number of hydrogen-bond donors (Lipinski definition) is 0. The first-order valence-corrected chi connectivity index (χ1v) is 12.3. The average Bonchev–Trinajstić information content (AvgIpc) is 2.83. The molecule has 34 heavy (non-hydrogen) atoms. The van der Waals surface area contributed by atoms with Crippen molar-refractivity contribution in [3.05, 3.63) is 59.7 Å². The van der Waals surface area contributed by atoms with Crippen molar-refractivity contribution in [2.45, 2.75) is 37.3 Å². The highest BCUT2D eigenvalue weighted by Crippen LogP contribution is 2.30. The molecule has 1 amide bonds. The Morgan fingerprint density at radius 2 is 1.79 bits per heavy atom. The van der Waals surface area contributed by atoms with E-state index >= 15 is 0 Å². The molecule has 1 saturated heterocycles. The van der Waals surface area contributed by atoms with Gasteiger partial charge in [0, 0.05) is 32.8 Å². The second-order valence-electron chi connectivity index (χ2n) is 7.93. The van der Waals surface area contributed by atoms with Gasteiger partial charge in [-0.15, -0.1) is 0 Å². The largest absolute Gasteiger partial charge is 0.495 e. The van der Waals surface area contributed by atoms with Crippen LogP contribution in [0, 0.1) is 0 Å². The molecule has 10 heteroatoms. The van der Waals surface area contributed by atoms with Gasteiger partial charge in [-0.2, -0.15) is 13.1 Å². The fourth-order valence-electron chi connectivity index (χ4n) is 3.67. The molecule has 0 unspecified atom stereocenters. The Labute approximate surface area is 198 Å². The molecule has 0 spiro atoms. The summed E-state index contributed by atoms with van der Waals surface area (Å²) in [4.78, 5) is 14.1. The normalized spacial score (nSPS) is 15.0. The van der Waals surface area contributed by atoms with Crippen LogP contribution in [0.5, 0.6) is 11.5 Å². The number of methoxy groups -OCH3 is 1. The number of ether oxygens (including phenoxy) is 2. The van der Waals surface area contributed by atoms with Crippen molar-refractivity contribution in [2.24, 2.45) is 0 Å². The second kappa shape index (κ2) is 11.4. The summed E-state index contributed by atoms with van der Waals surface area (Å²) in [6.45, 7) is -1.68. The van der Waals surface area contributed by atoms with Crippen LogP contribution < -0.4 is 9.47 Å². The van der Waals surface area contributed by atoms with Gasteiger partial charge in [0.1, 0.15) is 16.4 Å². The van der Waals surface area contributed by atoms with Crippen LogP contribution in [0.25, 0.3) is 6.08 Å². The third-order valence-electron chi connectivity index (χ3n) is 5.48. The number of likely N-dealkylation sites (N-methyl/N-ethyl adjacent to an activating group) is 1. The van der Waals surface area contributed by atoms with Crippen LogP contribution in [0.1, 0.15) is 30.4 Å². The maximum Gasteiger partial charge on any atom is 0.387 e. The Bertz CT molecular complexity index is 1110. The Morgan fingerprint density at radius 3 is 2.41 bits per heavy atom. The Morgan fingerprint density at radius 1 is 1.12 bits per heavy atom. The zero-order chi connectivity index (χ0) is 24.7. The molecule has 0 radical (unpaired) electrons. The van der Waals surface area contributed by atoms with E-state index in [4.69, 9.17) is 4.74 Å². The zero-order valence-corrected chi connectivity index (χ0v) is 19.9. The lowest BCUT2D eigenvalue weighted by Crippen LogP contribution is -2.35. The van der Waals surface area contributed by atoms with E-state index in [0.717, 1.165) is 24.8 Å². The monoisotopic (exact) mass is 494 g/mol. The number of sulfonamides is 1. The van der Waals surface area contributed by atoms with Gasteiger partial charge in [-0.3, -0.25) is 4.79 Å². The zero-order valence-electron chi connectivity index (χ0n) is 19.1. The van der Waals surface area contributed by atoms with E-state index in [0.29, 0.717) is 18.7 Å². The van der Waals surface area contributed by atoms with Gasteiger partial charge in [-0.1, -0.05) is 24.6 Å². The lowest BCUT2D eigenvalue weighted by atomic mass is 10.2. The van der Waals surface area contributed by atoms with E-state index in [2.05, 4.69) is 4.74 Å². The van der Waals surface area contributed by atoms with E-state index in [9.17, 15) is 22.0 Å². The first-order valence-electron chi connectivity index (χ1n) is 10.9. The highest BCUT2D eigenvalue weighted by atomic mass is 32.2. The number of amides is 1. The minimum atomic E-state index is -3.71. The van der Waals surface area contributed by atoms with E-state index in [1.54, 1.807) is 37.4 Å². The van der Waals surface area contributed by atoms with Gasteiger partial charge in [0.15, 0.2) is 0 Å². The van der Waals surface area contributed by atoms with Gasteiger partial charge in [-0.25, -0.2) is 8.42 Å². The molecule has 1 heterocycles. The van der Waals surface area contributed by atoms with Gasteiger partial charge in [0.2, 0.25) is 15.9 Å². The number of halogens is 2. The third-order valence-corrected chi connectivity index (χ3v) is 7.40. The molecule has 184 valence electrons. The van der Waals surface area contributed by atoms with Crippen molar-refractivity contribution in [3.63, 3.8) is 0 Å². The molecule has 0 aromatic heterocycles. The van der Waals surface area contributed by atoms with Gasteiger partial charge >= 0.3 is 6.61 Å². The number of alkyl halides is 2. The van der Waals surface area contributed by atoms with Crippen LogP contribution in [-0.2, 0) is 21.4 Å². The van der Waals surface area contributed by atoms with E-state index in [1.807, 2.05) is 0 Å². The van der Waals surface area contributed by atoms with Gasteiger partial charge < -0.3 is 14.4 Å². The summed E-state index contributed by atoms with van der Waals surface area (Å²) in [7, 11) is -0.683. The molecule has 0 bridgehead atoms. The molecule has 0 N–H and O–H groups in total. The topological polar surface area (TPSA) is 76.1 Å². The lowest BCUT2D eigenvalue weighted by molar-refractivity contribution is -0.125. The maximum atomic E-state index is 13.1. The molecule has 2 aromatic carbocycles. The summed E-state index contributed by atoms with van der Waals surface area (Å²) in [6, 6.07) is 10.8. The molecule has 3 rings (SSSR count). The minimum absolute atomic E-state index is 0.0439. The number of carbonyl (C=O) groups is 1. The summed E-state index contributed by atoms with van der Waals surface area (Å²) >= 11 is 0. The Balaban J connectivity index is 1.70. The van der Waals surface area contributed by atoms with Crippen LogP contribution in [0.4, 0.5) is 8.78 Å². The molecular weight excluding hydrogens is 466 g/mol. The molecule has 0 aliphatic carbocycles. The summed E-state index contributed by atoms with van der Waals surface area (Å²) in [5, 5.41) is 0. The first kappa shape index (κ1) is 25.6. The SMILES string of the molecule is COc1ccc(/C=C/C(=O)N(C)Cc2ccc(OC(F)F)cc2)cc1S(=O)(=O)N1CCCCC1. The number of rotatable bonds is 9. The predicted octanol–water partition coefficient (Wildman–Crippen LogP) is 4.14. The van der Waals surface area contributed by atoms with Crippen LogP contribution in [0.2, 0.25) is 0 Å². The van der Waals surface area contributed by atoms with Crippen molar-refractivity contribution in [2.75, 3.05) is 27.2 Å². The average molecular weight is 495 g/mol. The number of carbonyl (C=O) groups excluding carboxylic acids is 1. The van der Waals surface area contributed by atoms with Crippen molar-refractivity contribution >= 4 is 22.0 Å². The molecule has 0 atom stereocenters.